The van der Waals surface area contributed by atoms with Gasteiger partial charge >= 0.3 is 0 Å². The zero-order valence-corrected chi connectivity index (χ0v) is 12.5. The predicted octanol–water partition coefficient (Wildman–Crippen LogP) is 5.27. The standard InChI is InChI=1S/C14H12Cl3NO/c1-19-14-3-2-10(15)7-13(14)18-8-9-4-11(16)6-12(17)5-9/h2-7,18H,8H2,1H3. The molecular formula is C14H12Cl3NO. The highest BCUT2D eigenvalue weighted by Crippen LogP contribution is 2.28. The third-order valence-electron chi connectivity index (χ3n) is 2.57. The third kappa shape index (κ3) is 3.93. The fourth-order valence-electron chi connectivity index (χ4n) is 1.73. The van der Waals surface area contributed by atoms with Crippen molar-refractivity contribution in [1.82, 2.24) is 0 Å². The highest BCUT2D eigenvalue weighted by Gasteiger charge is 2.04. The van der Waals surface area contributed by atoms with Crippen molar-refractivity contribution in [2.45, 2.75) is 6.54 Å². The number of nitrogens with one attached hydrogen (secondary N) is 1. The summed E-state index contributed by atoms with van der Waals surface area (Å²) in [6.45, 7) is 0.580. The average molecular weight is 317 g/mol. The Morgan fingerprint density at radius 1 is 0.947 bits per heavy atom. The van der Waals surface area contributed by atoms with Crippen LogP contribution in [-0.4, -0.2) is 7.11 Å². The summed E-state index contributed by atoms with van der Waals surface area (Å²) < 4.78 is 5.26. The molecule has 0 amide bonds. The first-order valence-electron chi connectivity index (χ1n) is 5.61. The molecule has 2 aromatic rings. The van der Waals surface area contributed by atoms with Gasteiger partial charge in [0.05, 0.1) is 12.8 Å². The minimum Gasteiger partial charge on any atom is -0.495 e. The third-order valence-corrected chi connectivity index (χ3v) is 3.24. The molecule has 100 valence electrons. The van der Waals surface area contributed by atoms with Crippen LogP contribution in [-0.2, 0) is 6.54 Å². The monoisotopic (exact) mass is 315 g/mol. The molecule has 0 atom stereocenters. The molecule has 0 saturated carbocycles. The van der Waals surface area contributed by atoms with Crippen molar-refractivity contribution in [3.05, 3.63) is 57.0 Å². The van der Waals surface area contributed by atoms with E-state index in [1.807, 2.05) is 24.3 Å². The molecule has 0 radical (unpaired) electrons. The van der Waals surface area contributed by atoms with Crippen molar-refractivity contribution in [3.63, 3.8) is 0 Å². The highest BCUT2D eigenvalue weighted by atomic mass is 35.5. The van der Waals surface area contributed by atoms with E-state index in [1.54, 1.807) is 19.2 Å². The first-order valence-corrected chi connectivity index (χ1v) is 6.74. The molecule has 0 saturated heterocycles. The van der Waals surface area contributed by atoms with Crippen molar-refractivity contribution in [3.8, 4) is 5.75 Å². The van der Waals surface area contributed by atoms with Gasteiger partial charge in [-0.15, -0.1) is 0 Å². The van der Waals surface area contributed by atoms with Gasteiger partial charge in [0.2, 0.25) is 0 Å². The van der Waals surface area contributed by atoms with Crippen LogP contribution in [0, 0.1) is 0 Å². The summed E-state index contributed by atoms with van der Waals surface area (Å²) >= 11 is 17.9. The van der Waals surface area contributed by atoms with Crippen LogP contribution >= 0.6 is 34.8 Å². The first-order chi connectivity index (χ1) is 9.08. The van der Waals surface area contributed by atoms with Gasteiger partial charge in [-0.05, 0) is 42.0 Å². The molecule has 2 nitrogen and oxygen atoms in total. The Balaban J connectivity index is 2.16. The second kappa shape index (κ2) is 6.38. The number of benzene rings is 2. The second-order valence-corrected chi connectivity index (χ2v) is 5.29. The van der Waals surface area contributed by atoms with Crippen LogP contribution in [0.15, 0.2) is 36.4 Å². The van der Waals surface area contributed by atoms with Crippen molar-refractivity contribution in [2.24, 2.45) is 0 Å². The summed E-state index contributed by atoms with van der Waals surface area (Å²) in [7, 11) is 1.62. The van der Waals surface area contributed by atoms with Gasteiger partial charge < -0.3 is 10.1 Å². The SMILES string of the molecule is COc1ccc(Cl)cc1NCc1cc(Cl)cc(Cl)c1. The number of ether oxygens (including phenoxy) is 1. The number of rotatable bonds is 4. The summed E-state index contributed by atoms with van der Waals surface area (Å²) in [5.74, 6) is 0.734. The van der Waals surface area contributed by atoms with Gasteiger partial charge in [0.1, 0.15) is 5.75 Å². The number of halogens is 3. The van der Waals surface area contributed by atoms with E-state index in [2.05, 4.69) is 5.32 Å². The molecule has 2 aromatic carbocycles. The zero-order valence-electron chi connectivity index (χ0n) is 10.2. The van der Waals surface area contributed by atoms with Gasteiger partial charge in [0.15, 0.2) is 0 Å². The minimum absolute atomic E-state index is 0.580. The second-order valence-electron chi connectivity index (χ2n) is 3.98. The van der Waals surface area contributed by atoms with E-state index in [4.69, 9.17) is 39.5 Å². The fourth-order valence-corrected chi connectivity index (χ4v) is 2.47. The zero-order chi connectivity index (χ0) is 13.8. The smallest absolute Gasteiger partial charge is 0.142 e. The summed E-state index contributed by atoms with van der Waals surface area (Å²) in [5, 5.41) is 5.12. The van der Waals surface area contributed by atoms with E-state index >= 15 is 0 Å². The molecule has 19 heavy (non-hydrogen) atoms. The van der Waals surface area contributed by atoms with E-state index in [9.17, 15) is 0 Å². The number of anilines is 1. The maximum atomic E-state index is 5.97. The Morgan fingerprint density at radius 2 is 1.63 bits per heavy atom. The van der Waals surface area contributed by atoms with E-state index in [0.29, 0.717) is 21.6 Å². The fraction of sp³-hybridized carbons (Fsp3) is 0.143. The Hall–Kier alpha value is -1.09. The van der Waals surface area contributed by atoms with E-state index in [1.165, 1.54) is 0 Å². The largest absolute Gasteiger partial charge is 0.495 e. The topological polar surface area (TPSA) is 21.3 Å². The molecular weight excluding hydrogens is 305 g/mol. The molecule has 0 aliphatic heterocycles. The van der Waals surface area contributed by atoms with E-state index in [-0.39, 0.29) is 0 Å². The molecule has 0 fully saturated rings. The molecule has 0 heterocycles. The van der Waals surface area contributed by atoms with Crippen molar-refractivity contribution in [2.75, 3.05) is 12.4 Å². The van der Waals surface area contributed by atoms with Crippen LogP contribution in [0.1, 0.15) is 5.56 Å². The van der Waals surface area contributed by atoms with Gasteiger partial charge in [-0.2, -0.15) is 0 Å². The van der Waals surface area contributed by atoms with Crippen molar-refractivity contribution >= 4 is 40.5 Å². The normalized spacial score (nSPS) is 10.3. The van der Waals surface area contributed by atoms with Gasteiger partial charge in [0.25, 0.3) is 0 Å². The molecule has 0 aliphatic rings. The number of hydrogen-bond acceptors (Lipinski definition) is 2. The van der Waals surface area contributed by atoms with Crippen LogP contribution in [0.3, 0.4) is 0 Å². The summed E-state index contributed by atoms with van der Waals surface area (Å²) in [6, 6.07) is 10.8. The lowest BCUT2D eigenvalue weighted by Gasteiger charge is -2.12. The molecule has 0 aliphatic carbocycles. The molecule has 0 bridgehead atoms. The molecule has 5 heteroatoms. The van der Waals surface area contributed by atoms with Gasteiger partial charge in [-0.25, -0.2) is 0 Å². The number of hydrogen-bond donors (Lipinski definition) is 1. The van der Waals surface area contributed by atoms with Crippen LogP contribution in [0.25, 0.3) is 0 Å². The quantitative estimate of drug-likeness (QED) is 0.830. The minimum atomic E-state index is 0.580. The lowest BCUT2D eigenvalue weighted by atomic mass is 10.2. The summed E-state index contributed by atoms with van der Waals surface area (Å²) in [5.41, 5.74) is 1.81. The molecule has 2 rings (SSSR count). The van der Waals surface area contributed by atoms with Crippen molar-refractivity contribution < 1.29 is 4.74 Å². The molecule has 0 aromatic heterocycles. The molecule has 0 spiro atoms. The summed E-state index contributed by atoms with van der Waals surface area (Å²) in [6.07, 6.45) is 0. The number of methoxy groups -OCH3 is 1. The van der Waals surface area contributed by atoms with E-state index in [0.717, 1.165) is 17.0 Å². The van der Waals surface area contributed by atoms with Gasteiger partial charge in [-0.3, -0.25) is 0 Å². The lowest BCUT2D eigenvalue weighted by molar-refractivity contribution is 0.416. The Morgan fingerprint density at radius 3 is 2.26 bits per heavy atom. The average Bonchev–Trinajstić information content (AvgIpc) is 2.35. The Kier molecular flexibility index (Phi) is 4.81. The maximum Gasteiger partial charge on any atom is 0.142 e. The highest BCUT2D eigenvalue weighted by molar-refractivity contribution is 6.34. The predicted molar refractivity (Wildman–Crippen MR) is 81.8 cm³/mol. The summed E-state index contributed by atoms with van der Waals surface area (Å²) in [4.78, 5) is 0. The van der Waals surface area contributed by atoms with Crippen LogP contribution in [0.2, 0.25) is 15.1 Å². The maximum absolute atomic E-state index is 5.97. The Bertz CT molecular complexity index is 567. The van der Waals surface area contributed by atoms with Crippen LogP contribution in [0.5, 0.6) is 5.75 Å². The first kappa shape index (κ1) is 14.3. The molecule has 1 N–H and O–H groups in total. The van der Waals surface area contributed by atoms with Gasteiger partial charge in [-0.1, -0.05) is 34.8 Å². The van der Waals surface area contributed by atoms with Crippen LogP contribution in [0.4, 0.5) is 5.69 Å². The Labute approximate surface area is 127 Å². The van der Waals surface area contributed by atoms with Crippen LogP contribution < -0.4 is 10.1 Å². The van der Waals surface area contributed by atoms with E-state index < -0.39 is 0 Å². The van der Waals surface area contributed by atoms with Crippen molar-refractivity contribution in [1.29, 1.82) is 0 Å². The lowest BCUT2D eigenvalue weighted by Crippen LogP contribution is -2.01. The van der Waals surface area contributed by atoms with Gasteiger partial charge in [0, 0.05) is 21.6 Å². The molecule has 0 unspecified atom stereocenters.